The van der Waals surface area contributed by atoms with E-state index in [9.17, 15) is 4.79 Å². The number of aromatic nitrogens is 1. The van der Waals surface area contributed by atoms with Crippen LogP contribution in [0.4, 0.5) is 0 Å². The SMILES string of the molecule is CC(N)C(CC(=O)O)c1ccccn1. The van der Waals surface area contributed by atoms with Crippen LogP contribution in [0.1, 0.15) is 25.0 Å². The molecule has 4 nitrogen and oxygen atoms in total. The Morgan fingerprint density at radius 1 is 1.64 bits per heavy atom. The zero-order chi connectivity index (χ0) is 10.6. The van der Waals surface area contributed by atoms with E-state index in [1.165, 1.54) is 0 Å². The smallest absolute Gasteiger partial charge is 0.304 e. The van der Waals surface area contributed by atoms with Gasteiger partial charge in [0.1, 0.15) is 0 Å². The van der Waals surface area contributed by atoms with Crippen LogP contribution in [0.2, 0.25) is 0 Å². The number of carboxylic acids is 1. The van der Waals surface area contributed by atoms with Crippen LogP contribution in [0.25, 0.3) is 0 Å². The Kier molecular flexibility index (Phi) is 3.59. The highest BCUT2D eigenvalue weighted by Gasteiger charge is 2.20. The molecule has 2 unspecified atom stereocenters. The molecule has 76 valence electrons. The van der Waals surface area contributed by atoms with Gasteiger partial charge in [0.25, 0.3) is 0 Å². The number of carbonyl (C=O) groups is 1. The van der Waals surface area contributed by atoms with Crippen molar-refractivity contribution in [1.82, 2.24) is 4.98 Å². The molecular weight excluding hydrogens is 180 g/mol. The summed E-state index contributed by atoms with van der Waals surface area (Å²) in [6.07, 6.45) is 1.67. The van der Waals surface area contributed by atoms with Crippen LogP contribution in [0.15, 0.2) is 24.4 Å². The van der Waals surface area contributed by atoms with Gasteiger partial charge in [0.2, 0.25) is 0 Å². The predicted molar refractivity (Wildman–Crippen MR) is 52.9 cm³/mol. The van der Waals surface area contributed by atoms with Crippen molar-refractivity contribution in [1.29, 1.82) is 0 Å². The van der Waals surface area contributed by atoms with Gasteiger partial charge in [0, 0.05) is 23.9 Å². The molecule has 0 aliphatic carbocycles. The molecule has 0 amide bonds. The molecule has 0 spiro atoms. The molecule has 1 aromatic heterocycles. The highest BCUT2D eigenvalue weighted by molar-refractivity contribution is 5.68. The fraction of sp³-hybridized carbons (Fsp3) is 0.400. The molecular formula is C10H14N2O2. The molecule has 0 bridgehead atoms. The van der Waals surface area contributed by atoms with Gasteiger partial charge in [0.15, 0.2) is 0 Å². The Morgan fingerprint density at radius 3 is 2.79 bits per heavy atom. The third kappa shape index (κ3) is 2.81. The molecule has 14 heavy (non-hydrogen) atoms. The number of carboxylic acid groups (broad SMARTS) is 1. The molecule has 1 aromatic rings. The monoisotopic (exact) mass is 194 g/mol. The zero-order valence-corrected chi connectivity index (χ0v) is 8.05. The zero-order valence-electron chi connectivity index (χ0n) is 8.05. The van der Waals surface area contributed by atoms with Gasteiger partial charge in [-0.1, -0.05) is 6.07 Å². The van der Waals surface area contributed by atoms with E-state index in [1.54, 1.807) is 25.3 Å². The average molecular weight is 194 g/mol. The van der Waals surface area contributed by atoms with Gasteiger partial charge < -0.3 is 10.8 Å². The van der Waals surface area contributed by atoms with Crippen molar-refractivity contribution in [2.24, 2.45) is 5.73 Å². The highest BCUT2D eigenvalue weighted by atomic mass is 16.4. The second-order valence-corrected chi connectivity index (χ2v) is 3.32. The lowest BCUT2D eigenvalue weighted by molar-refractivity contribution is -0.137. The fourth-order valence-electron chi connectivity index (χ4n) is 1.34. The van der Waals surface area contributed by atoms with Gasteiger partial charge in [-0.3, -0.25) is 9.78 Å². The first kappa shape index (κ1) is 10.7. The van der Waals surface area contributed by atoms with E-state index >= 15 is 0 Å². The summed E-state index contributed by atoms with van der Waals surface area (Å²) >= 11 is 0. The summed E-state index contributed by atoms with van der Waals surface area (Å²) in [6.45, 7) is 1.79. The normalized spacial score (nSPS) is 14.7. The van der Waals surface area contributed by atoms with Crippen molar-refractivity contribution in [3.63, 3.8) is 0 Å². The number of hydrogen-bond acceptors (Lipinski definition) is 3. The Morgan fingerprint density at radius 2 is 2.36 bits per heavy atom. The molecule has 0 aliphatic heterocycles. The maximum absolute atomic E-state index is 10.6. The molecule has 0 aliphatic rings. The standard InChI is InChI=1S/C10H14N2O2/c1-7(11)8(6-10(13)14)9-4-2-3-5-12-9/h2-5,7-8H,6,11H2,1H3,(H,13,14). The minimum atomic E-state index is -0.849. The maximum Gasteiger partial charge on any atom is 0.304 e. The summed E-state index contributed by atoms with van der Waals surface area (Å²) in [7, 11) is 0. The summed E-state index contributed by atoms with van der Waals surface area (Å²) in [5.74, 6) is -1.06. The van der Waals surface area contributed by atoms with Gasteiger partial charge in [-0.05, 0) is 19.1 Å². The summed E-state index contributed by atoms with van der Waals surface area (Å²) in [5.41, 5.74) is 6.45. The Labute approximate surface area is 82.8 Å². The Hall–Kier alpha value is -1.42. The van der Waals surface area contributed by atoms with Crippen LogP contribution in [0.5, 0.6) is 0 Å². The van der Waals surface area contributed by atoms with Crippen LogP contribution < -0.4 is 5.73 Å². The van der Waals surface area contributed by atoms with Crippen molar-refractivity contribution >= 4 is 5.97 Å². The second-order valence-electron chi connectivity index (χ2n) is 3.32. The van der Waals surface area contributed by atoms with Crippen LogP contribution >= 0.6 is 0 Å². The molecule has 0 saturated carbocycles. The first-order valence-electron chi connectivity index (χ1n) is 4.49. The molecule has 1 rings (SSSR count). The van der Waals surface area contributed by atoms with Crippen molar-refractivity contribution in [3.05, 3.63) is 30.1 Å². The highest BCUT2D eigenvalue weighted by Crippen LogP contribution is 2.19. The first-order chi connectivity index (χ1) is 6.61. The molecule has 3 N–H and O–H groups in total. The summed E-state index contributed by atoms with van der Waals surface area (Å²) < 4.78 is 0. The lowest BCUT2D eigenvalue weighted by atomic mass is 9.94. The minimum absolute atomic E-state index is 0.0225. The quantitative estimate of drug-likeness (QED) is 0.749. The summed E-state index contributed by atoms with van der Waals surface area (Å²) in [4.78, 5) is 14.7. The molecule has 4 heteroatoms. The molecule has 1 heterocycles. The van der Waals surface area contributed by atoms with Crippen LogP contribution in [0, 0.1) is 0 Å². The molecule has 0 aromatic carbocycles. The van der Waals surface area contributed by atoms with E-state index in [1.807, 2.05) is 6.07 Å². The van der Waals surface area contributed by atoms with Crippen LogP contribution in [-0.4, -0.2) is 22.1 Å². The molecule has 0 fully saturated rings. The maximum atomic E-state index is 10.6. The van der Waals surface area contributed by atoms with E-state index in [-0.39, 0.29) is 18.4 Å². The van der Waals surface area contributed by atoms with E-state index in [2.05, 4.69) is 4.98 Å². The van der Waals surface area contributed by atoms with Gasteiger partial charge >= 0.3 is 5.97 Å². The Bertz CT molecular complexity index is 298. The van der Waals surface area contributed by atoms with E-state index in [4.69, 9.17) is 10.8 Å². The van der Waals surface area contributed by atoms with E-state index in [0.29, 0.717) is 0 Å². The Balaban J connectivity index is 2.83. The van der Waals surface area contributed by atoms with Crippen LogP contribution in [-0.2, 0) is 4.79 Å². The minimum Gasteiger partial charge on any atom is -0.481 e. The number of aliphatic carboxylic acids is 1. The number of hydrogen-bond donors (Lipinski definition) is 2. The number of rotatable bonds is 4. The third-order valence-corrected chi connectivity index (χ3v) is 2.10. The van der Waals surface area contributed by atoms with E-state index < -0.39 is 5.97 Å². The van der Waals surface area contributed by atoms with Crippen molar-refractivity contribution < 1.29 is 9.90 Å². The average Bonchev–Trinajstić information content (AvgIpc) is 2.15. The first-order valence-corrected chi connectivity index (χ1v) is 4.49. The summed E-state index contributed by atoms with van der Waals surface area (Å²) in [5, 5.41) is 8.71. The van der Waals surface area contributed by atoms with Crippen LogP contribution in [0.3, 0.4) is 0 Å². The molecule has 0 saturated heterocycles. The van der Waals surface area contributed by atoms with Gasteiger partial charge in [0.05, 0.1) is 6.42 Å². The predicted octanol–water partition coefficient (Wildman–Crippen LogP) is 0.987. The third-order valence-electron chi connectivity index (χ3n) is 2.10. The largest absolute Gasteiger partial charge is 0.481 e. The second kappa shape index (κ2) is 4.72. The van der Waals surface area contributed by atoms with Gasteiger partial charge in [-0.15, -0.1) is 0 Å². The van der Waals surface area contributed by atoms with Gasteiger partial charge in [-0.25, -0.2) is 0 Å². The number of nitrogens with two attached hydrogens (primary N) is 1. The van der Waals surface area contributed by atoms with Crippen molar-refractivity contribution in [3.8, 4) is 0 Å². The summed E-state index contributed by atoms with van der Waals surface area (Å²) in [6, 6.07) is 5.22. The lowest BCUT2D eigenvalue weighted by Crippen LogP contribution is -2.27. The van der Waals surface area contributed by atoms with Crippen molar-refractivity contribution in [2.75, 3.05) is 0 Å². The van der Waals surface area contributed by atoms with E-state index in [0.717, 1.165) is 5.69 Å². The lowest BCUT2D eigenvalue weighted by Gasteiger charge is -2.17. The molecule has 2 atom stereocenters. The fourth-order valence-corrected chi connectivity index (χ4v) is 1.34. The molecule has 0 radical (unpaired) electrons. The number of nitrogens with zero attached hydrogens (tertiary/aromatic N) is 1. The number of pyridine rings is 1. The topological polar surface area (TPSA) is 76.2 Å². The van der Waals surface area contributed by atoms with Crippen molar-refractivity contribution in [2.45, 2.75) is 25.3 Å². The van der Waals surface area contributed by atoms with Gasteiger partial charge in [-0.2, -0.15) is 0 Å².